The zero-order valence-corrected chi connectivity index (χ0v) is 32.4. The Balaban J connectivity index is 0.00000431. The lowest BCUT2D eigenvalue weighted by molar-refractivity contribution is -0.139. The summed E-state index contributed by atoms with van der Waals surface area (Å²) in [6, 6.07) is 8.65. The van der Waals surface area contributed by atoms with Crippen molar-refractivity contribution in [2.45, 2.75) is 133 Å². The van der Waals surface area contributed by atoms with Crippen molar-refractivity contribution in [1.82, 2.24) is 0 Å². The topological polar surface area (TPSA) is 66.8 Å². The van der Waals surface area contributed by atoms with Gasteiger partial charge >= 0.3 is 5.97 Å². The second-order valence-corrected chi connectivity index (χ2v) is 19.3. The second kappa shape index (κ2) is 14.4. The Morgan fingerprint density at radius 2 is 1.10 bits per heavy atom. The van der Waals surface area contributed by atoms with Gasteiger partial charge in [0.2, 0.25) is 0 Å². The molecule has 0 radical (unpaired) electrons. The van der Waals surface area contributed by atoms with Gasteiger partial charge < -0.3 is 14.9 Å². The number of halogens is 1. The van der Waals surface area contributed by atoms with Crippen LogP contribution in [-0.2, 0) is 27.5 Å². The Hall–Kier alpha value is -1.06. The summed E-state index contributed by atoms with van der Waals surface area (Å²) < 4.78 is 5.72. The average Bonchev–Trinajstić information content (AvgIpc) is 2.76. The Bertz CT molecular complexity index is 1190. The van der Waals surface area contributed by atoms with Crippen LogP contribution in [0.15, 0.2) is 34.1 Å². The van der Waals surface area contributed by atoms with E-state index in [2.05, 4.69) is 144 Å². The van der Waals surface area contributed by atoms with Gasteiger partial charge in [-0.05, 0) is 76.7 Å². The van der Waals surface area contributed by atoms with Gasteiger partial charge in [0.15, 0.2) is 6.61 Å². The highest BCUT2D eigenvalue weighted by molar-refractivity contribution is 14.1. The molecule has 0 atom stereocenters. The van der Waals surface area contributed by atoms with Crippen LogP contribution in [0, 0.1) is 5.41 Å². The van der Waals surface area contributed by atoms with Gasteiger partial charge in [0.1, 0.15) is 11.5 Å². The molecule has 0 aliphatic carbocycles. The second-order valence-electron chi connectivity index (χ2n) is 15.6. The van der Waals surface area contributed by atoms with Gasteiger partial charge in [0, 0.05) is 26.5 Å². The molecule has 2 aromatic carbocycles. The van der Waals surface area contributed by atoms with Crippen molar-refractivity contribution in [3.05, 3.63) is 46.5 Å². The van der Waals surface area contributed by atoms with Crippen molar-refractivity contribution < 1.29 is 19.7 Å². The van der Waals surface area contributed by atoms with E-state index in [4.69, 9.17) is 4.74 Å². The van der Waals surface area contributed by atoms with Crippen LogP contribution in [0.2, 0.25) is 0 Å². The Labute approximate surface area is 278 Å². The first-order chi connectivity index (χ1) is 18.8. The predicted molar refractivity (Wildman–Crippen MR) is 193 cm³/mol. The molecule has 238 valence electrons. The number of phenolic OH excluding ortho intramolecular Hbond substituents is 1. The van der Waals surface area contributed by atoms with E-state index in [0.717, 1.165) is 38.5 Å². The molecule has 0 saturated carbocycles. The van der Waals surface area contributed by atoms with Gasteiger partial charge in [-0.25, -0.2) is 4.79 Å². The third-order valence-electron chi connectivity index (χ3n) is 6.43. The molecule has 42 heavy (non-hydrogen) atoms. The van der Waals surface area contributed by atoms with Crippen LogP contribution in [0.1, 0.15) is 119 Å². The highest BCUT2D eigenvalue weighted by Gasteiger charge is 2.31. The monoisotopic (exact) mass is 730 g/mol. The minimum absolute atomic E-state index is 0.00278. The molecule has 0 aliphatic heterocycles. The molecule has 7 heteroatoms. The molecule has 0 bridgehead atoms. The molecule has 0 aliphatic rings. The molecule has 4 nitrogen and oxygen atoms in total. The van der Waals surface area contributed by atoms with E-state index in [0.29, 0.717) is 11.5 Å². The first-order valence-corrected chi connectivity index (χ1v) is 18.2. The number of hydrogen-bond acceptors (Lipinski definition) is 5. The molecule has 2 aromatic rings. The Morgan fingerprint density at radius 3 is 1.45 bits per heavy atom. The number of benzene rings is 2. The molecular weight excluding hydrogens is 675 g/mol. The fourth-order valence-electron chi connectivity index (χ4n) is 4.68. The number of phenols is 1. The van der Waals surface area contributed by atoms with Crippen LogP contribution in [0.5, 0.6) is 11.5 Å². The zero-order valence-electron chi connectivity index (χ0n) is 28.6. The SMILES string of the molecule is CC(C)(C)Cc1cc(SC(C)(C)Sc2cc(C(C)(C)C)c(O)c(C(C)(C)C)c2)cc(C(C)(C)C)c1OCC(=O)O.CI. The number of aliphatic carboxylic acids is 1. The van der Waals surface area contributed by atoms with Crippen LogP contribution < -0.4 is 4.74 Å². The van der Waals surface area contributed by atoms with E-state index in [1.807, 2.05) is 4.93 Å². The van der Waals surface area contributed by atoms with Gasteiger partial charge in [-0.2, -0.15) is 0 Å². The third kappa shape index (κ3) is 11.8. The van der Waals surface area contributed by atoms with Gasteiger partial charge in [0.25, 0.3) is 0 Å². The number of aromatic hydroxyl groups is 1. The molecular formula is C35H55IO4S2. The lowest BCUT2D eigenvalue weighted by Crippen LogP contribution is -2.20. The van der Waals surface area contributed by atoms with Gasteiger partial charge in [-0.15, -0.1) is 23.5 Å². The number of carboxylic acids is 1. The molecule has 0 amide bonds. The summed E-state index contributed by atoms with van der Waals surface area (Å²) in [5.74, 6) is 0.118. The maximum atomic E-state index is 11.4. The average molecular weight is 731 g/mol. The van der Waals surface area contributed by atoms with Gasteiger partial charge in [-0.3, -0.25) is 0 Å². The van der Waals surface area contributed by atoms with E-state index < -0.39 is 5.97 Å². The molecule has 0 unspecified atom stereocenters. The van der Waals surface area contributed by atoms with Crippen molar-refractivity contribution in [2.75, 3.05) is 11.5 Å². The van der Waals surface area contributed by atoms with Crippen molar-refractivity contribution in [1.29, 1.82) is 0 Å². The fraction of sp³-hybridized carbons (Fsp3) is 0.629. The smallest absolute Gasteiger partial charge is 0.341 e. The molecule has 0 aromatic heterocycles. The van der Waals surface area contributed by atoms with Crippen molar-refractivity contribution in [3.8, 4) is 11.5 Å². The van der Waals surface area contributed by atoms with Crippen molar-refractivity contribution in [2.24, 2.45) is 5.41 Å². The zero-order chi connectivity index (χ0) is 33.1. The normalized spacial score (nSPS) is 13.0. The van der Waals surface area contributed by atoms with Crippen LogP contribution in [-0.4, -0.2) is 31.8 Å². The molecule has 0 heterocycles. The molecule has 2 rings (SSSR count). The van der Waals surface area contributed by atoms with Gasteiger partial charge in [0.05, 0.1) is 4.08 Å². The molecule has 0 saturated heterocycles. The third-order valence-corrected chi connectivity index (χ3v) is 8.86. The maximum absolute atomic E-state index is 11.4. The number of ether oxygens (including phenoxy) is 1. The van der Waals surface area contributed by atoms with Crippen molar-refractivity contribution >= 4 is 52.1 Å². The highest BCUT2D eigenvalue weighted by atomic mass is 127. The summed E-state index contributed by atoms with van der Waals surface area (Å²) in [7, 11) is 0. The van der Waals surface area contributed by atoms with Gasteiger partial charge in [-0.1, -0.05) is 106 Å². The summed E-state index contributed by atoms with van der Waals surface area (Å²) in [5, 5.41) is 20.5. The minimum atomic E-state index is -0.976. The largest absolute Gasteiger partial charge is 0.507 e. The quantitative estimate of drug-likeness (QED) is 0.122. The number of hydrogen-bond donors (Lipinski definition) is 2. The minimum Gasteiger partial charge on any atom is -0.507 e. The number of carbonyl (C=O) groups is 1. The molecule has 0 fully saturated rings. The number of thioether (sulfide) groups is 2. The number of carboxylic acid groups (broad SMARTS) is 1. The highest BCUT2D eigenvalue weighted by Crippen LogP contribution is 2.50. The van der Waals surface area contributed by atoms with E-state index in [9.17, 15) is 15.0 Å². The summed E-state index contributed by atoms with van der Waals surface area (Å²) in [4.78, 5) is 15.6. The summed E-state index contributed by atoms with van der Waals surface area (Å²) in [6.07, 6.45) is 0.773. The first kappa shape index (κ1) is 39.0. The van der Waals surface area contributed by atoms with Crippen LogP contribution in [0.3, 0.4) is 0 Å². The van der Waals surface area contributed by atoms with E-state index in [-0.39, 0.29) is 32.3 Å². The van der Waals surface area contributed by atoms with Crippen LogP contribution in [0.4, 0.5) is 0 Å². The summed E-state index contributed by atoms with van der Waals surface area (Å²) >= 11 is 5.76. The number of rotatable bonds is 8. The molecule has 2 N–H and O–H groups in total. The standard InChI is InChI=1S/C34H52O4S2.CH3I/c1-30(2,3)19-21-15-22(18-26(33(10,11)12)29(21)38-20-27(35)36)39-34(13,14)40-23-16-24(31(4,5)6)28(37)25(17-23)32(7,8)9;1-2/h15-18,37H,19-20H2,1-14H3,(H,35,36);1H3. The Morgan fingerprint density at radius 1 is 0.714 bits per heavy atom. The lowest BCUT2D eigenvalue weighted by atomic mass is 9.79. The van der Waals surface area contributed by atoms with E-state index >= 15 is 0 Å². The van der Waals surface area contributed by atoms with Crippen LogP contribution in [0.25, 0.3) is 0 Å². The molecule has 0 spiro atoms. The maximum Gasteiger partial charge on any atom is 0.341 e. The first-order valence-electron chi connectivity index (χ1n) is 14.5. The van der Waals surface area contributed by atoms with E-state index in [1.54, 1.807) is 23.5 Å². The van der Waals surface area contributed by atoms with Crippen molar-refractivity contribution in [3.63, 3.8) is 0 Å². The predicted octanol–water partition coefficient (Wildman–Crippen LogP) is 11.0. The fourth-order valence-corrected chi connectivity index (χ4v) is 7.29. The number of alkyl halides is 1. The summed E-state index contributed by atoms with van der Waals surface area (Å²) in [6.45, 7) is 29.9. The summed E-state index contributed by atoms with van der Waals surface area (Å²) in [5.41, 5.74) is 3.39. The van der Waals surface area contributed by atoms with E-state index in [1.165, 1.54) is 0 Å². The Kier molecular flexibility index (Phi) is 13.3. The van der Waals surface area contributed by atoms with Crippen LogP contribution >= 0.6 is 46.1 Å². The lowest BCUT2D eigenvalue weighted by Gasteiger charge is -2.31.